The van der Waals surface area contributed by atoms with Gasteiger partial charge in [0.15, 0.2) is 0 Å². The van der Waals surface area contributed by atoms with Crippen molar-refractivity contribution in [2.75, 3.05) is 13.7 Å². The van der Waals surface area contributed by atoms with Crippen LogP contribution in [-0.2, 0) is 30.8 Å². The quantitative estimate of drug-likeness (QED) is 0.236. The van der Waals surface area contributed by atoms with Crippen LogP contribution in [0.1, 0.15) is 30.4 Å². The minimum Gasteiger partial charge on any atom is -0.467 e. The highest BCUT2D eigenvalue weighted by Crippen LogP contribution is 2.23. The van der Waals surface area contributed by atoms with E-state index in [1.54, 1.807) is 36.4 Å². The van der Waals surface area contributed by atoms with Gasteiger partial charge in [0.2, 0.25) is 15.9 Å². The largest absolute Gasteiger partial charge is 0.467 e. The fourth-order valence-electron chi connectivity index (χ4n) is 4.65. The van der Waals surface area contributed by atoms with Crippen molar-refractivity contribution >= 4 is 38.5 Å². The second kappa shape index (κ2) is 11.1. The molecule has 9 nitrogen and oxygen atoms in total. The number of nitrogens with two attached hydrogens (primary N) is 1. The number of fused-ring (bicyclic) bond motifs is 1. The fourth-order valence-corrected chi connectivity index (χ4v) is 5.87. The molecule has 1 saturated heterocycles. The number of amidine groups is 1. The maximum atomic E-state index is 13.8. The Morgan fingerprint density at radius 3 is 2.57 bits per heavy atom. The molecule has 0 radical (unpaired) electrons. The number of nitrogen functional groups attached to an aromatic ring is 1. The van der Waals surface area contributed by atoms with Gasteiger partial charge in [-0.05, 0) is 60.2 Å². The van der Waals surface area contributed by atoms with E-state index >= 15 is 0 Å². The summed E-state index contributed by atoms with van der Waals surface area (Å²) in [5, 5.41) is 9.36. The monoisotopic (exact) mass is 522 g/mol. The van der Waals surface area contributed by atoms with Crippen LogP contribution in [0.4, 0.5) is 0 Å². The average Bonchev–Trinajstić information content (AvgIpc) is 2.91. The zero-order chi connectivity index (χ0) is 26.6. The van der Waals surface area contributed by atoms with Crippen LogP contribution in [0.25, 0.3) is 10.8 Å². The lowest BCUT2D eigenvalue weighted by atomic mass is 9.98. The van der Waals surface area contributed by atoms with Crippen LogP contribution in [0.3, 0.4) is 0 Å². The SMILES string of the molecule is COC(=O)[C@H]1CCCCN1C(=O)[C@H](Cc1cccc(C(=N)N)c1)NS(=O)(=O)c1ccc2ccccc2c1. The van der Waals surface area contributed by atoms with Gasteiger partial charge in [0.1, 0.15) is 17.9 Å². The number of nitrogens with one attached hydrogen (secondary N) is 2. The summed E-state index contributed by atoms with van der Waals surface area (Å²) < 4.78 is 34.5. The molecular formula is C27H30N4O5S. The molecule has 4 rings (SSSR count). The molecule has 0 bridgehead atoms. The van der Waals surface area contributed by atoms with Crippen molar-refractivity contribution in [3.8, 4) is 0 Å². The molecule has 1 fully saturated rings. The van der Waals surface area contributed by atoms with Gasteiger partial charge in [0.25, 0.3) is 0 Å². The molecule has 1 amide bonds. The van der Waals surface area contributed by atoms with Crippen LogP contribution in [-0.4, -0.2) is 56.8 Å². The highest BCUT2D eigenvalue weighted by Gasteiger charge is 2.37. The molecule has 3 aromatic carbocycles. The highest BCUT2D eigenvalue weighted by atomic mass is 32.2. The molecule has 194 valence electrons. The Hall–Kier alpha value is -3.76. The first-order chi connectivity index (χ1) is 17.7. The summed E-state index contributed by atoms with van der Waals surface area (Å²) in [5.41, 5.74) is 6.71. The predicted octanol–water partition coefficient (Wildman–Crippen LogP) is 2.57. The third kappa shape index (κ3) is 5.98. The van der Waals surface area contributed by atoms with Crippen molar-refractivity contribution in [2.45, 2.75) is 42.7 Å². The minimum atomic E-state index is -4.11. The number of piperidine rings is 1. The number of benzene rings is 3. The summed E-state index contributed by atoms with van der Waals surface area (Å²) in [6.45, 7) is 0.320. The second-order valence-corrected chi connectivity index (χ2v) is 10.8. The number of hydrogen-bond acceptors (Lipinski definition) is 6. The predicted molar refractivity (Wildman–Crippen MR) is 141 cm³/mol. The first-order valence-corrected chi connectivity index (χ1v) is 13.5. The Balaban J connectivity index is 1.69. The van der Waals surface area contributed by atoms with E-state index in [1.807, 2.05) is 24.3 Å². The minimum absolute atomic E-state index is 0.0111. The molecule has 0 aromatic heterocycles. The molecule has 0 unspecified atom stereocenters. The Bertz CT molecular complexity index is 1440. The number of amides is 1. The zero-order valence-electron chi connectivity index (χ0n) is 20.5. The molecule has 4 N–H and O–H groups in total. The molecule has 1 aliphatic rings. The van der Waals surface area contributed by atoms with E-state index in [2.05, 4.69) is 4.72 Å². The molecule has 1 heterocycles. The van der Waals surface area contributed by atoms with E-state index in [-0.39, 0.29) is 17.2 Å². The number of likely N-dealkylation sites (tertiary alicyclic amines) is 1. The number of hydrogen-bond donors (Lipinski definition) is 3. The molecule has 0 spiro atoms. The van der Waals surface area contributed by atoms with Gasteiger partial charge in [-0.25, -0.2) is 13.2 Å². The molecule has 3 aromatic rings. The van der Waals surface area contributed by atoms with Gasteiger partial charge < -0.3 is 15.4 Å². The van der Waals surface area contributed by atoms with Gasteiger partial charge in [0, 0.05) is 12.1 Å². The first kappa shape index (κ1) is 26.3. The Morgan fingerprint density at radius 2 is 1.84 bits per heavy atom. The van der Waals surface area contributed by atoms with Crippen LogP contribution in [0.2, 0.25) is 0 Å². The number of esters is 1. The summed E-state index contributed by atoms with van der Waals surface area (Å²) in [6, 6.07) is 17.0. The Morgan fingerprint density at radius 1 is 1.08 bits per heavy atom. The summed E-state index contributed by atoms with van der Waals surface area (Å²) in [5.74, 6) is -1.17. The number of rotatable bonds is 8. The number of methoxy groups -OCH3 is 1. The zero-order valence-corrected chi connectivity index (χ0v) is 21.3. The number of nitrogens with zero attached hydrogens (tertiary/aromatic N) is 1. The first-order valence-electron chi connectivity index (χ1n) is 12.0. The maximum absolute atomic E-state index is 13.8. The Kier molecular flexibility index (Phi) is 7.89. The van der Waals surface area contributed by atoms with Crippen LogP contribution >= 0.6 is 0 Å². The van der Waals surface area contributed by atoms with Gasteiger partial charge in [0.05, 0.1) is 12.0 Å². The van der Waals surface area contributed by atoms with Crippen molar-refractivity contribution in [3.05, 3.63) is 77.9 Å². The van der Waals surface area contributed by atoms with E-state index in [0.717, 1.165) is 17.2 Å². The lowest BCUT2D eigenvalue weighted by molar-refractivity contribution is -0.155. The van der Waals surface area contributed by atoms with Crippen molar-refractivity contribution in [1.29, 1.82) is 5.41 Å². The molecular weight excluding hydrogens is 492 g/mol. The number of carbonyl (C=O) groups excluding carboxylic acids is 2. The third-order valence-corrected chi connectivity index (χ3v) is 8.03. The number of sulfonamides is 1. The van der Waals surface area contributed by atoms with Crippen LogP contribution in [0.5, 0.6) is 0 Å². The van der Waals surface area contributed by atoms with Crippen LogP contribution in [0.15, 0.2) is 71.6 Å². The lowest BCUT2D eigenvalue weighted by Crippen LogP contribution is -2.56. The summed E-state index contributed by atoms with van der Waals surface area (Å²) in [7, 11) is -2.83. The summed E-state index contributed by atoms with van der Waals surface area (Å²) in [4.78, 5) is 27.7. The molecule has 0 aliphatic carbocycles. The van der Waals surface area contributed by atoms with Gasteiger partial charge in [-0.1, -0.05) is 48.5 Å². The van der Waals surface area contributed by atoms with Gasteiger partial charge >= 0.3 is 5.97 Å². The standard InChI is InChI=1S/C27H30N4O5S/c1-36-27(33)24-11-4-5-14-31(24)26(32)23(16-18-7-6-10-21(15-18)25(28)29)30-37(34,35)22-13-12-19-8-2-3-9-20(19)17-22/h2-3,6-10,12-13,15,17,23-24,30H,4-5,11,14,16H2,1H3,(H3,28,29)/t23-,24+/m0/s1. The summed E-state index contributed by atoms with van der Waals surface area (Å²) >= 11 is 0. The third-order valence-electron chi connectivity index (χ3n) is 6.56. The molecule has 2 atom stereocenters. The molecule has 1 aliphatic heterocycles. The number of carbonyl (C=O) groups is 2. The maximum Gasteiger partial charge on any atom is 0.328 e. The summed E-state index contributed by atoms with van der Waals surface area (Å²) in [6.07, 6.45) is 1.92. The molecule has 0 saturated carbocycles. The smallest absolute Gasteiger partial charge is 0.328 e. The molecule has 37 heavy (non-hydrogen) atoms. The van der Waals surface area contributed by atoms with Crippen molar-refractivity contribution < 1.29 is 22.7 Å². The lowest BCUT2D eigenvalue weighted by Gasteiger charge is -2.36. The topological polar surface area (TPSA) is 143 Å². The fraction of sp³-hybridized carbons (Fsp3) is 0.296. The van der Waals surface area contributed by atoms with Gasteiger partial charge in [-0.15, -0.1) is 0 Å². The highest BCUT2D eigenvalue weighted by molar-refractivity contribution is 7.89. The van der Waals surface area contributed by atoms with Crippen molar-refractivity contribution in [3.63, 3.8) is 0 Å². The Labute approximate surface area is 216 Å². The normalized spacial score (nSPS) is 16.8. The number of ether oxygens (including phenoxy) is 1. The van der Waals surface area contributed by atoms with E-state index < -0.39 is 34.0 Å². The van der Waals surface area contributed by atoms with Crippen LogP contribution < -0.4 is 10.5 Å². The van der Waals surface area contributed by atoms with Crippen LogP contribution in [0, 0.1) is 5.41 Å². The second-order valence-electron chi connectivity index (χ2n) is 9.07. The van der Waals surface area contributed by atoms with E-state index in [4.69, 9.17) is 15.9 Å². The van der Waals surface area contributed by atoms with E-state index in [0.29, 0.717) is 30.5 Å². The van der Waals surface area contributed by atoms with Crippen molar-refractivity contribution in [2.24, 2.45) is 5.73 Å². The van der Waals surface area contributed by atoms with Gasteiger partial charge in [-0.2, -0.15) is 4.72 Å². The van der Waals surface area contributed by atoms with E-state index in [9.17, 15) is 18.0 Å². The van der Waals surface area contributed by atoms with Crippen molar-refractivity contribution in [1.82, 2.24) is 9.62 Å². The molecule has 10 heteroatoms. The van der Waals surface area contributed by atoms with Gasteiger partial charge in [-0.3, -0.25) is 10.2 Å². The van der Waals surface area contributed by atoms with E-state index in [1.165, 1.54) is 18.1 Å². The average molecular weight is 523 g/mol.